The van der Waals surface area contributed by atoms with Crippen LogP contribution in [0.5, 0.6) is 0 Å². The zero-order valence-corrected chi connectivity index (χ0v) is 27.7. The van der Waals surface area contributed by atoms with Crippen molar-refractivity contribution in [2.75, 3.05) is 0 Å². The lowest BCUT2D eigenvalue weighted by Crippen LogP contribution is -2.01. The third-order valence-electron chi connectivity index (χ3n) is 10.1. The van der Waals surface area contributed by atoms with Crippen molar-refractivity contribution in [2.45, 2.75) is 0 Å². The van der Waals surface area contributed by atoms with Crippen LogP contribution in [0.15, 0.2) is 173 Å². The molecule has 5 heteroatoms. The van der Waals surface area contributed by atoms with Gasteiger partial charge < -0.3 is 8.83 Å². The number of hydrogen-bond acceptors (Lipinski definition) is 5. The summed E-state index contributed by atoms with van der Waals surface area (Å²) < 4.78 is 12.8. The van der Waals surface area contributed by atoms with E-state index in [9.17, 15) is 0 Å². The lowest BCUT2D eigenvalue weighted by molar-refractivity contribution is 0.668. The molecule has 52 heavy (non-hydrogen) atoms. The predicted octanol–water partition coefficient (Wildman–Crippen LogP) is 12.6. The van der Waals surface area contributed by atoms with Crippen LogP contribution >= 0.6 is 0 Å². The largest absolute Gasteiger partial charge is 0.456 e. The van der Waals surface area contributed by atoms with Crippen molar-refractivity contribution < 1.29 is 8.83 Å². The van der Waals surface area contributed by atoms with E-state index < -0.39 is 0 Å². The quantitative estimate of drug-likeness (QED) is 0.175. The van der Waals surface area contributed by atoms with Gasteiger partial charge in [0.25, 0.3) is 0 Å². The van der Waals surface area contributed by atoms with E-state index in [1.54, 1.807) is 0 Å². The van der Waals surface area contributed by atoms with E-state index in [1.165, 1.54) is 5.39 Å². The molecule has 0 saturated heterocycles. The molecule has 0 radical (unpaired) electrons. The summed E-state index contributed by atoms with van der Waals surface area (Å²) >= 11 is 0. The van der Waals surface area contributed by atoms with Gasteiger partial charge in [0.1, 0.15) is 22.3 Å². The molecule has 5 nitrogen and oxygen atoms in total. The monoisotopic (exact) mass is 665 g/mol. The topological polar surface area (TPSA) is 65.0 Å². The Morgan fingerprint density at radius 3 is 1.71 bits per heavy atom. The highest BCUT2D eigenvalue weighted by atomic mass is 16.3. The highest BCUT2D eigenvalue weighted by molar-refractivity contribution is 6.14. The number of fused-ring (bicyclic) bond motifs is 9. The number of para-hydroxylation sites is 1. The van der Waals surface area contributed by atoms with Gasteiger partial charge in [-0.2, -0.15) is 0 Å². The molecule has 242 valence electrons. The lowest BCUT2D eigenvalue weighted by Gasteiger charge is -2.12. The minimum atomic E-state index is 0.591. The fraction of sp³-hybridized carbons (Fsp3) is 0. The highest BCUT2D eigenvalue weighted by Gasteiger charge is 2.20. The van der Waals surface area contributed by atoms with E-state index in [1.807, 2.05) is 60.7 Å². The number of rotatable bonds is 4. The van der Waals surface area contributed by atoms with Crippen molar-refractivity contribution in [1.82, 2.24) is 15.0 Å². The van der Waals surface area contributed by atoms with Gasteiger partial charge in [-0.1, -0.05) is 121 Å². The second-order valence-corrected chi connectivity index (χ2v) is 13.2. The van der Waals surface area contributed by atoms with E-state index in [4.69, 9.17) is 23.8 Å². The Bertz CT molecular complexity index is 3190. The van der Waals surface area contributed by atoms with Gasteiger partial charge in [-0.25, -0.2) is 15.0 Å². The van der Waals surface area contributed by atoms with Crippen molar-refractivity contribution in [2.24, 2.45) is 0 Å². The number of nitrogens with zero attached hydrogens (tertiary/aromatic N) is 3. The molecule has 0 aliphatic rings. The summed E-state index contributed by atoms with van der Waals surface area (Å²) in [5.74, 6) is 1.83. The van der Waals surface area contributed by atoms with Crippen molar-refractivity contribution in [3.05, 3.63) is 164 Å². The van der Waals surface area contributed by atoms with Crippen LogP contribution in [0.1, 0.15) is 0 Å². The first kappa shape index (κ1) is 28.7. The summed E-state index contributed by atoms with van der Waals surface area (Å²) in [6.07, 6.45) is 0. The van der Waals surface area contributed by atoms with Crippen LogP contribution in [-0.4, -0.2) is 15.0 Å². The Kier molecular flexibility index (Phi) is 6.18. The normalized spacial score (nSPS) is 11.8. The molecule has 0 fully saturated rings. The van der Waals surface area contributed by atoms with Gasteiger partial charge in [-0.15, -0.1) is 0 Å². The van der Waals surface area contributed by atoms with E-state index in [0.29, 0.717) is 17.5 Å². The number of furan rings is 2. The molecule has 11 aromatic rings. The Hall–Kier alpha value is -7.11. The van der Waals surface area contributed by atoms with Gasteiger partial charge >= 0.3 is 0 Å². The van der Waals surface area contributed by atoms with Crippen LogP contribution in [0.4, 0.5) is 0 Å². The molecule has 0 spiro atoms. The summed E-state index contributed by atoms with van der Waals surface area (Å²) in [6.45, 7) is 0. The summed E-state index contributed by atoms with van der Waals surface area (Å²) in [5, 5.41) is 8.79. The molecule has 0 amide bonds. The molecule has 0 unspecified atom stereocenters. The summed E-state index contributed by atoms with van der Waals surface area (Å²) in [6, 6.07) is 56.3. The van der Waals surface area contributed by atoms with E-state index in [2.05, 4.69) is 103 Å². The molecule has 11 rings (SSSR count). The molecular formula is C47H27N3O2. The van der Waals surface area contributed by atoms with E-state index in [-0.39, 0.29) is 0 Å². The number of benzene rings is 8. The fourth-order valence-electron chi connectivity index (χ4n) is 7.67. The van der Waals surface area contributed by atoms with Gasteiger partial charge in [0.2, 0.25) is 0 Å². The Labute approximate surface area is 297 Å². The van der Waals surface area contributed by atoms with Gasteiger partial charge in [-0.3, -0.25) is 0 Å². The van der Waals surface area contributed by atoms with Crippen molar-refractivity contribution in [3.8, 4) is 45.3 Å². The molecule has 0 N–H and O–H groups in total. The second kappa shape index (κ2) is 11.2. The third kappa shape index (κ3) is 4.46. The molecule has 8 aromatic carbocycles. The Morgan fingerprint density at radius 1 is 0.308 bits per heavy atom. The first-order chi connectivity index (χ1) is 25.7. The molecule has 3 heterocycles. The fourth-order valence-corrected chi connectivity index (χ4v) is 7.67. The zero-order valence-electron chi connectivity index (χ0n) is 27.7. The van der Waals surface area contributed by atoms with Crippen LogP contribution in [0.2, 0.25) is 0 Å². The second-order valence-electron chi connectivity index (χ2n) is 13.2. The zero-order chi connectivity index (χ0) is 34.2. The minimum Gasteiger partial charge on any atom is -0.456 e. The van der Waals surface area contributed by atoms with Gasteiger partial charge in [0.05, 0.1) is 0 Å². The van der Waals surface area contributed by atoms with Crippen molar-refractivity contribution in [1.29, 1.82) is 0 Å². The summed E-state index contributed by atoms with van der Waals surface area (Å²) in [7, 11) is 0. The average Bonchev–Trinajstić information content (AvgIpc) is 3.78. The maximum Gasteiger partial charge on any atom is 0.164 e. The average molecular weight is 666 g/mol. The first-order valence-electron chi connectivity index (χ1n) is 17.3. The van der Waals surface area contributed by atoms with Crippen LogP contribution < -0.4 is 0 Å². The molecule has 0 atom stereocenters. The molecule has 0 aliphatic carbocycles. The first-order valence-corrected chi connectivity index (χ1v) is 17.3. The maximum atomic E-state index is 6.55. The van der Waals surface area contributed by atoms with Gasteiger partial charge in [0.15, 0.2) is 17.5 Å². The van der Waals surface area contributed by atoms with Crippen LogP contribution in [0, 0.1) is 0 Å². The SMILES string of the molecule is c1ccc(-c2nc(-c3cc4ccccc4c4ccccc34)nc(-c3cccc4oc5cc(-c6ccc7c(c6)oc6ccccc67)ccc5c34)n2)cc1. The standard InChI is InChI=1S/C47H27N3O2/c1-2-11-28(12-3-1)45-48-46(50-47(49-45)39-25-31-13-4-5-14-32(31)33-15-6-7-16-34(33)39)38-18-10-20-41-44(38)37-24-22-30(27-43(37)52-41)29-21-23-36-35-17-8-9-19-40(35)51-42(36)26-29/h1-27H. The summed E-state index contributed by atoms with van der Waals surface area (Å²) in [5.41, 5.74) is 8.21. The lowest BCUT2D eigenvalue weighted by atomic mass is 9.96. The molecule has 0 bridgehead atoms. The smallest absolute Gasteiger partial charge is 0.164 e. The Morgan fingerprint density at radius 2 is 0.885 bits per heavy atom. The maximum absolute atomic E-state index is 6.55. The van der Waals surface area contributed by atoms with E-state index >= 15 is 0 Å². The molecular weight excluding hydrogens is 639 g/mol. The highest BCUT2D eigenvalue weighted by Crippen LogP contribution is 2.40. The third-order valence-corrected chi connectivity index (χ3v) is 10.1. The van der Waals surface area contributed by atoms with Crippen LogP contribution in [0.25, 0.3) is 111 Å². The molecule has 3 aromatic heterocycles. The van der Waals surface area contributed by atoms with Gasteiger partial charge in [-0.05, 0) is 75.1 Å². The Balaban J connectivity index is 1.10. The predicted molar refractivity (Wildman–Crippen MR) is 211 cm³/mol. The van der Waals surface area contributed by atoms with Crippen molar-refractivity contribution >= 4 is 65.4 Å². The number of hydrogen-bond donors (Lipinski definition) is 0. The van der Waals surface area contributed by atoms with Gasteiger partial charge in [0, 0.05) is 38.2 Å². The molecule has 0 aliphatic heterocycles. The number of aromatic nitrogens is 3. The van der Waals surface area contributed by atoms with Crippen molar-refractivity contribution in [3.63, 3.8) is 0 Å². The van der Waals surface area contributed by atoms with Crippen LogP contribution in [0.3, 0.4) is 0 Å². The molecule has 0 saturated carbocycles. The summed E-state index contributed by atoms with van der Waals surface area (Å²) in [4.78, 5) is 15.5. The van der Waals surface area contributed by atoms with E-state index in [0.717, 1.165) is 87.9 Å². The van der Waals surface area contributed by atoms with Crippen LogP contribution in [-0.2, 0) is 0 Å². The minimum absolute atomic E-state index is 0.591.